The molecule has 3 aromatic heterocycles. The zero-order valence-corrected chi connectivity index (χ0v) is 12.5. The fourth-order valence-corrected chi connectivity index (χ4v) is 2.76. The van der Waals surface area contributed by atoms with Crippen molar-refractivity contribution in [2.24, 2.45) is 0 Å². The van der Waals surface area contributed by atoms with Crippen LogP contribution in [0.3, 0.4) is 0 Å². The number of halogens is 1. The average molecular weight is 329 g/mol. The molecule has 0 fully saturated rings. The van der Waals surface area contributed by atoms with Crippen molar-refractivity contribution >= 4 is 36.2 Å². The van der Waals surface area contributed by atoms with E-state index >= 15 is 0 Å². The van der Waals surface area contributed by atoms with Gasteiger partial charge in [-0.25, -0.2) is 0 Å². The third kappa shape index (κ3) is 1.96. The van der Waals surface area contributed by atoms with Crippen molar-refractivity contribution in [3.05, 3.63) is 47.9 Å². The van der Waals surface area contributed by atoms with E-state index < -0.39 is 0 Å². The number of imidazole rings is 1. The van der Waals surface area contributed by atoms with Crippen LogP contribution in [0.25, 0.3) is 22.4 Å². The second-order valence-corrected chi connectivity index (χ2v) is 5.25. The molecule has 0 atom stereocenters. The van der Waals surface area contributed by atoms with Gasteiger partial charge in [-0.2, -0.15) is 0 Å². The Balaban J connectivity index is 2.15. The van der Waals surface area contributed by atoms with Gasteiger partial charge in [-0.3, -0.25) is 0 Å². The second kappa shape index (κ2) is 5.07. The Hall–Kier alpha value is -2.46. The molecular formula is C13H6ClN6OP. The van der Waals surface area contributed by atoms with E-state index in [0.29, 0.717) is 22.0 Å². The maximum absolute atomic E-state index is 10.8. The summed E-state index contributed by atoms with van der Waals surface area (Å²) >= 11 is 6.32. The SMILES string of the molecule is O=P#Cc1nnc2cnc3cc(Cl)c(-n4ccnc4)cc3n12. The molecule has 0 amide bonds. The molecule has 0 bridgehead atoms. The van der Waals surface area contributed by atoms with E-state index in [2.05, 4.69) is 25.8 Å². The Morgan fingerprint density at radius 3 is 2.95 bits per heavy atom. The minimum absolute atomic E-state index is 0.261. The number of nitrogens with zero attached hydrogens (tertiary/aromatic N) is 6. The van der Waals surface area contributed by atoms with Crippen molar-refractivity contribution in [2.75, 3.05) is 0 Å². The molecule has 0 N–H and O–H groups in total. The molecule has 0 unspecified atom stereocenters. The molecule has 0 saturated carbocycles. The molecule has 0 saturated heterocycles. The molecule has 4 rings (SSSR count). The van der Waals surface area contributed by atoms with Crippen LogP contribution in [0.15, 0.2) is 37.1 Å². The third-order valence-electron chi connectivity index (χ3n) is 3.22. The average Bonchev–Trinajstić information content (AvgIpc) is 3.17. The van der Waals surface area contributed by atoms with Crippen LogP contribution in [0.2, 0.25) is 5.02 Å². The fourth-order valence-electron chi connectivity index (χ4n) is 2.28. The number of hydrogen-bond acceptors (Lipinski definition) is 5. The number of aromatic nitrogens is 6. The number of rotatable bonds is 1. The summed E-state index contributed by atoms with van der Waals surface area (Å²) in [6.07, 6.45) is 6.70. The van der Waals surface area contributed by atoms with Crippen molar-refractivity contribution in [1.82, 2.24) is 29.1 Å². The van der Waals surface area contributed by atoms with E-state index in [1.165, 1.54) is 0 Å². The molecule has 9 heteroatoms. The molecule has 0 aliphatic carbocycles. The summed E-state index contributed by atoms with van der Waals surface area (Å²) in [5.74, 6) is 0.359. The summed E-state index contributed by atoms with van der Waals surface area (Å²) in [4.78, 5) is 8.35. The molecule has 0 spiro atoms. The molecule has 0 aliphatic rings. The van der Waals surface area contributed by atoms with Crippen LogP contribution in [0, 0.1) is 5.63 Å². The summed E-state index contributed by atoms with van der Waals surface area (Å²) in [5, 5.41) is 8.49. The number of hydrogen-bond donors (Lipinski definition) is 0. The van der Waals surface area contributed by atoms with Gasteiger partial charge in [0.25, 0.3) is 0 Å². The van der Waals surface area contributed by atoms with Crippen LogP contribution in [-0.4, -0.2) is 29.1 Å². The molecular weight excluding hydrogens is 323 g/mol. The van der Waals surface area contributed by atoms with E-state index in [0.717, 1.165) is 11.2 Å². The molecule has 0 aliphatic heterocycles. The first-order valence-electron chi connectivity index (χ1n) is 6.18. The van der Waals surface area contributed by atoms with Crippen molar-refractivity contribution in [1.29, 1.82) is 0 Å². The molecule has 1 aromatic carbocycles. The maximum atomic E-state index is 10.8. The van der Waals surface area contributed by atoms with E-state index in [9.17, 15) is 4.57 Å². The zero-order valence-electron chi connectivity index (χ0n) is 10.9. The van der Waals surface area contributed by atoms with Crippen molar-refractivity contribution in [3.63, 3.8) is 0 Å². The Bertz CT molecular complexity index is 1120. The Morgan fingerprint density at radius 1 is 1.27 bits per heavy atom. The molecule has 3 heterocycles. The second-order valence-electron chi connectivity index (χ2n) is 4.44. The summed E-state index contributed by atoms with van der Waals surface area (Å²) in [5.41, 5.74) is 5.32. The standard InChI is InChI=1S/C13H6ClN6OP/c14-8-3-9-11(4-10(8)19-2-1-15-7-19)20-12(5-16-9)17-18-13(20)6-22-21/h1-5,7H. The van der Waals surface area contributed by atoms with Gasteiger partial charge in [0.2, 0.25) is 0 Å². The third-order valence-corrected chi connectivity index (χ3v) is 3.81. The normalized spacial score (nSPS) is 11.0. The number of fused-ring (bicyclic) bond motifs is 3. The summed E-state index contributed by atoms with van der Waals surface area (Å²) < 4.78 is 14.3. The summed E-state index contributed by atoms with van der Waals surface area (Å²) in [7, 11) is -0.261. The monoisotopic (exact) mass is 328 g/mol. The van der Waals surface area contributed by atoms with Crippen LogP contribution in [0.5, 0.6) is 0 Å². The summed E-state index contributed by atoms with van der Waals surface area (Å²) in [6.45, 7) is 0. The quantitative estimate of drug-likeness (QED) is 0.502. The van der Waals surface area contributed by atoms with E-state index in [-0.39, 0.29) is 7.92 Å². The van der Waals surface area contributed by atoms with E-state index in [4.69, 9.17) is 11.6 Å². The Labute approximate surface area is 129 Å². The molecule has 0 radical (unpaired) electrons. The van der Waals surface area contributed by atoms with Gasteiger partial charge in [0.05, 0.1) is 0 Å². The van der Waals surface area contributed by atoms with Gasteiger partial charge < -0.3 is 0 Å². The molecule has 7 nitrogen and oxygen atoms in total. The van der Waals surface area contributed by atoms with Gasteiger partial charge >= 0.3 is 129 Å². The fraction of sp³-hybridized carbons (Fsp3) is 0. The zero-order chi connectivity index (χ0) is 15.1. The Kier molecular flexibility index (Phi) is 3.05. The predicted octanol–water partition coefficient (Wildman–Crippen LogP) is 2.72. The first-order chi connectivity index (χ1) is 10.8. The molecule has 22 heavy (non-hydrogen) atoms. The van der Waals surface area contributed by atoms with Crippen LogP contribution >= 0.6 is 19.5 Å². The van der Waals surface area contributed by atoms with Crippen molar-refractivity contribution in [2.45, 2.75) is 0 Å². The van der Waals surface area contributed by atoms with Crippen LogP contribution in [0.4, 0.5) is 0 Å². The van der Waals surface area contributed by atoms with Gasteiger partial charge in [-0.15, -0.1) is 0 Å². The van der Waals surface area contributed by atoms with Crippen molar-refractivity contribution in [3.8, 4) is 11.3 Å². The van der Waals surface area contributed by atoms with Crippen LogP contribution in [-0.2, 0) is 4.57 Å². The van der Waals surface area contributed by atoms with E-state index in [1.54, 1.807) is 40.0 Å². The minimum atomic E-state index is -0.261. The predicted molar refractivity (Wildman–Crippen MR) is 81.0 cm³/mol. The van der Waals surface area contributed by atoms with Crippen molar-refractivity contribution < 1.29 is 4.57 Å². The first-order valence-corrected chi connectivity index (χ1v) is 7.37. The van der Waals surface area contributed by atoms with Gasteiger partial charge in [0.1, 0.15) is 0 Å². The van der Waals surface area contributed by atoms with Crippen LogP contribution < -0.4 is 0 Å². The summed E-state index contributed by atoms with van der Waals surface area (Å²) in [6, 6.07) is 3.61. The first kappa shape index (κ1) is 13.2. The van der Waals surface area contributed by atoms with Gasteiger partial charge in [0.15, 0.2) is 0 Å². The van der Waals surface area contributed by atoms with Gasteiger partial charge in [0, 0.05) is 0 Å². The van der Waals surface area contributed by atoms with E-state index in [1.807, 2.05) is 6.07 Å². The van der Waals surface area contributed by atoms with Crippen LogP contribution in [0.1, 0.15) is 5.82 Å². The Morgan fingerprint density at radius 2 is 2.18 bits per heavy atom. The van der Waals surface area contributed by atoms with Gasteiger partial charge in [-0.1, -0.05) is 0 Å². The molecule has 4 aromatic rings. The van der Waals surface area contributed by atoms with Gasteiger partial charge in [-0.05, 0) is 0 Å². The molecule has 106 valence electrons. The topological polar surface area (TPSA) is 78.0 Å². The number of benzene rings is 1.